The molecule has 1 heterocycles. The molecule has 0 spiro atoms. The van der Waals surface area contributed by atoms with Crippen LogP contribution in [-0.2, 0) is 10.1 Å². The number of hydrogen-bond acceptors (Lipinski definition) is 4. The Labute approximate surface area is 150 Å². The standard InChI is InChI=1S/C17H17BrNO4S/c1-2-3-17(24(20,21)22)19-11-23-16-9-6-13(10-15(16)19)12-4-7-14(18)8-5-12/h4-11,17H,2-3H2,1H3,(H,20,21,22). The summed E-state index contributed by atoms with van der Waals surface area (Å²) >= 11 is 3.41. The van der Waals surface area contributed by atoms with Gasteiger partial charge in [-0.05, 0) is 41.8 Å². The zero-order chi connectivity index (χ0) is 17.3. The number of halogens is 1. The Kier molecular flexibility index (Phi) is 4.85. The van der Waals surface area contributed by atoms with Gasteiger partial charge in [0.15, 0.2) is 5.37 Å². The lowest BCUT2D eigenvalue weighted by Crippen LogP contribution is -2.38. The highest BCUT2D eigenvalue weighted by Gasteiger charge is 2.35. The van der Waals surface area contributed by atoms with Gasteiger partial charge in [0.2, 0.25) is 6.73 Å². The third-order valence-electron chi connectivity index (χ3n) is 3.90. The monoisotopic (exact) mass is 410 g/mol. The van der Waals surface area contributed by atoms with Crippen LogP contribution in [0.25, 0.3) is 11.1 Å². The SMILES string of the molecule is CCCC(N1[CH]Oc2ccc(-c3ccc(Br)cc3)cc21)S(=O)(=O)O. The number of anilines is 1. The molecule has 1 N–H and O–H groups in total. The van der Waals surface area contributed by atoms with Crippen LogP contribution in [0.4, 0.5) is 5.69 Å². The fourth-order valence-corrected chi connectivity index (χ4v) is 3.96. The lowest BCUT2D eigenvalue weighted by Gasteiger charge is -2.24. The average molecular weight is 411 g/mol. The van der Waals surface area contributed by atoms with Crippen molar-refractivity contribution >= 4 is 31.7 Å². The summed E-state index contributed by atoms with van der Waals surface area (Å²) in [6.07, 6.45) is 0.928. The number of nitrogens with zero attached hydrogens (tertiary/aromatic N) is 1. The van der Waals surface area contributed by atoms with E-state index in [4.69, 9.17) is 4.74 Å². The van der Waals surface area contributed by atoms with E-state index in [2.05, 4.69) is 15.9 Å². The van der Waals surface area contributed by atoms with Gasteiger partial charge in [-0.15, -0.1) is 0 Å². The topological polar surface area (TPSA) is 66.8 Å². The van der Waals surface area contributed by atoms with E-state index in [9.17, 15) is 13.0 Å². The molecule has 1 unspecified atom stereocenters. The highest BCUT2D eigenvalue weighted by Crippen LogP contribution is 2.41. The Morgan fingerprint density at radius 2 is 1.83 bits per heavy atom. The fourth-order valence-electron chi connectivity index (χ4n) is 2.71. The van der Waals surface area contributed by atoms with E-state index in [1.54, 1.807) is 6.07 Å². The van der Waals surface area contributed by atoms with Gasteiger partial charge in [0.1, 0.15) is 5.75 Å². The van der Waals surface area contributed by atoms with Crippen molar-refractivity contribution in [3.05, 3.63) is 53.7 Å². The summed E-state index contributed by atoms with van der Waals surface area (Å²) in [5.74, 6) is 0.570. The molecule has 127 valence electrons. The number of ether oxygens (including phenoxy) is 1. The average Bonchev–Trinajstić information content (AvgIpc) is 2.95. The molecule has 3 rings (SSSR count). The predicted octanol–water partition coefficient (Wildman–Crippen LogP) is 4.45. The first-order chi connectivity index (χ1) is 11.4. The van der Waals surface area contributed by atoms with Gasteiger partial charge in [0.05, 0.1) is 5.69 Å². The van der Waals surface area contributed by atoms with E-state index in [1.165, 1.54) is 11.6 Å². The molecule has 2 aromatic carbocycles. The molecule has 1 aliphatic rings. The quantitative estimate of drug-likeness (QED) is 0.737. The molecule has 2 aromatic rings. The van der Waals surface area contributed by atoms with E-state index in [0.29, 0.717) is 24.3 Å². The summed E-state index contributed by atoms with van der Waals surface area (Å²) in [5, 5.41) is -1.05. The van der Waals surface area contributed by atoms with Gasteiger partial charge in [-0.25, -0.2) is 0 Å². The van der Waals surface area contributed by atoms with E-state index in [1.807, 2.05) is 43.3 Å². The van der Waals surface area contributed by atoms with Crippen LogP contribution >= 0.6 is 15.9 Å². The minimum atomic E-state index is -4.23. The molecule has 0 saturated heterocycles. The fraction of sp³-hybridized carbons (Fsp3) is 0.235. The summed E-state index contributed by atoms with van der Waals surface area (Å²) in [7, 11) is -4.23. The van der Waals surface area contributed by atoms with E-state index < -0.39 is 15.5 Å². The highest BCUT2D eigenvalue weighted by molar-refractivity contribution is 9.10. The first-order valence-corrected chi connectivity index (χ1v) is 9.84. The van der Waals surface area contributed by atoms with Gasteiger partial charge in [-0.2, -0.15) is 8.42 Å². The first kappa shape index (κ1) is 17.3. The zero-order valence-electron chi connectivity index (χ0n) is 13.0. The van der Waals surface area contributed by atoms with Crippen LogP contribution in [0.1, 0.15) is 19.8 Å². The Morgan fingerprint density at radius 1 is 1.17 bits per heavy atom. The van der Waals surface area contributed by atoms with Crippen LogP contribution < -0.4 is 9.64 Å². The summed E-state index contributed by atoms with van der Waals surface area (Å²) in [6, 6.07) is 13.4. The molecule has 1 radical (unpaired) electrons. The summed E-state index contributed by atoms with van der Waals surface area (Å²) in [5.41, 5.74) is 2.58. The zero-order valence-corrected chi connectivity index (χ0v) is 15.4. The maximum Gasteiger partial charge on any atom is 0.286 e. The molecule has 1 atom stereocenters. The number of benzene rings is 2. The van der Waals surface area contributed by atoms with Crippen LogP contribution in [-0.4, -0.2) is 18.3 Å². The predicted molar refractivity (Wildman–Crippen MR) is 97.2 cm³/mol. The largest absolute Gasteiger partial charge is 0.462 e. The van der Waals surface area contributed by atoms with E-state index >= 15 is 0 Å². The molecule has 24 heavy (non-hydrogen) atoms. The van der Waals surface area contributed by atoms with Crippen molar-refractivity contribution in [1.82, 2.24) is 0 Å². The molecule has 0 saturated carbocycles. The van der Waals surface area contributed by atoms with E-state index in [0.717, 1.165) is 15.6 Å². The molecule has 0 amide bonds. The molecule has 0 aromatic heterocycles. The second-order valence-electron chi connectivity index (χ2n) is 5.58. The second-order valence-corrected chi connectivity index (χ2v) is 8.07. The van der Waals surface area contributed by atoms with Crippen LogP contribution in [0.15, 0.2) is 46.9 Å². The Bertz CT molecular complexity index is 836. The third kappa shape index (κ3) is 3.43. The van der Waals surface area contributed by atoms with Gasteiger partial charge in [0.25, 0.3) is 10.1 Å². The van der Waals surface area contributed by atoms with Crippen molar-refractivity contribution in [2.45, 2.75) is 25.1 Å². The molecule has 7 heteroatoms. The first-order valence-electron chi connectivity index (χ1n) is 7.55. The van der Waals surface area contributed by atoms with Gasteiger partial charge in [-0.3, -0.25) is 4.55 Å². The van der Waals surface area contributed by atoms with Crippen molar-refractivity contribution in [2.24, 2.45) is 0 Å². The smallest absolute Gasteiger partial charge is 0.286 e. The van der Waals surface area contributed by atoms with Gasteiger partial charge < -0.3 is 9.64 Å². The van der Waals surface area contributed by atoms with Crippen molar-refractivity contribution in [2.75, 3.05) is 4.90 Å². The van der Waals surface area contributed by atoms with Crippen LogP contribution in [0.3, 0.4) is 0 Å². The Morgan fingerprint density at radius 3 is 2.46 bits per heavy atom. The molecule has 0 bridgehead atoms. The van der Waals surface area contributed by atoms with Crippen LogP contribution in [0, 0.1) is 6.73 Å². The third-order valence-corrected chi connectivity index (χ3v) is 5.58. The number of rotatable bonds is 5. The van der Waals surface area contributed by atoms with Gasteiger partial charge >= 0.3 is 0 Å². The van der Waals surface area contributed by atoms with Crippen molar-refractivity contribution < 1.29 is 17.7 Å². The minimum Gasteiger partial charge on any atom is -0.462 e. The number of hydrogen-bond donors (Lipinski definition) is 1. The lowest BCUT2D eigenvalue weighted by atomic mass is 10.0. The maximum atomic E-state index is 11.7. The summed E-state index contributed by atoms with van der Waals surface area (Å²) in [6.45, 7) is 3.22. The van der Waals surface area contributed by atoms with Crippen molar-refractivity contribution in [1.29, 1.82) is 0 Å². The second kappa shape index (κ2) is 6.74. The normalized spacial score (nSPS) is 15.0. The molecule has 1 aliphatic heterocycles. The van der Waals surface area contributed by atoms with Crippen molar-refractivity contribution in [3.8, 4) is 16.9 Å². The molecular formula is C17H17BrNO4S. The molecule has 0 aliphatic carbocycles. The van der Waals surface area contributed by atoms with Crippen LogP contribution in [0.5, 0.6) is 5.75 Å². The van der Waals surface area contributed by atoms with Crippen LogP contribution in [0.2, 0.25) is 0 Å². The number of fused-ring (bicyclic) bond motifs is 1. The van der Waals surface area contributed by atoms with Crippen molar-refractivity contribution in [3.63, 3.8) is 0 Å². The highest BCUT2D eigenvalue weighted by atomic mass is 79.9. The lowest BCUT2D eigenvalue weighted by molar-refractivity contribution is 0.408. The van der Waals surface area contributed by atoms with Gasteiger partial charge in [0, 0.05) is 4.47 Å². The Hall–Kier alpha value is -1.57. The Balaban J connectivity index is 2.00. The summed E-state index contributed by atoms with van der Waals surface area (Å²) < 4.78 is 39.5. The summed E-state index contributed by atoms with van der Waals surface area (Å²) in [4.78, 5) is 1.48. The van der Waals surface area contributed by atoms with Gasteiger partial charge in [-0.1, -0.05) is 47.5 Å². The maximum absolute atomic E-state index is 11.7. The minimum absolute atomic E-state index is 0.306. The molecule has 0 fully saturated rings. The molecular weight excluding hydrogens is 394 g/mol. The molecule has 5 nitrogen and oxygen atoms in total. The van der Waals surface area contributed by atoms with E-state index in [-0.39, 0.29) is 0 Å².